The molecule has 0 aliphatic carbocycles. The van der Waals surface area contributed by atoms with Crippen LogP contribution in [0.15, 0.2) is 66.7 Å². The van der Waals surface area contributed by atoms with Crippen LogP contribution in [0.4, 0.5) is 9.59 Å². The summed E-state index contributed by atoms with van der Waals surface area (Å²) in [6, 6.07) is 19.8. The van der Waals surface area contributed by atoms with Crippen LogP contribution in [-0.2, 0) is 22.6 Å². The molecule has 2 aliphatic rings. The van der Waals surface area contributed by atoms with Gasteiger partial charge in [-0.25, -0.2) is 9.59 Å². The number of rotatable bonds is 10. The molecular formula is C34H43N7O5. The molecule has 2 saturated heterocycles. The van der Waals surface area contributed by atoms with E-state index in [-0.39, 0.29) is 43.4 Å². The van der Waals surface area contributed by atoms with E-state index < -0.39 is 18.3 Å². The van der Waals surface area contributed by atoms with Gasteiger partial charge in [-0.2, -0.15) is 5.01 Å². The van der Waals surface area contributed by atoms with E-state index in [1.165, 1.54) is 0 Å². The number of benzene rings is 3. The average molecular weight is 630 g/mol. The second kappa shape index (κ2) is 14.2. The normalized spacial score (nSPS) is 18.3. The van der Waals surface area contributed by atoms with Gasteiger partial charge in [0.1, 0.15) is 18.0 Å². The molecule has 12 heteroatoms. The number of nitrogens with zero attached hydrogens (tertiary/aromatic N) is 5. The molecule has 2 atom stereocenters. The fraction of sp³-hybridized carbons (Fsp3) is 0.412. The molecule has 46 heavy (non-hydrogen) atoms. The fourth-order valence-corrected chi connectivity index (χ4v) is 6.20. The van der Waals surface area contributed by atoms with Crippen molar-refractivity contribution in [3.05, 3.63) is 77.9 Å². The molecular weight excluding hydrogens is 586 g/mol. The molecule has 5 rings (SSSR count). The fourth-order valence-electron chi connectivity index (χ4n) is 6.20. The molecule has 2 fully saturated rings. The van der Waals surface area contributed by atoms with E-state index in [2.05, 4.69) is 10.6 Å². The van der Waals surface area contributed by atoms with Crippen molar-refractivity contribution in [2.24, 2.45) is 0 Å². The molecule has 2 aliphatic heterocycles. The Morgan fingerprint density at radius 3 is 2.41 bits per heavy atom. The molecule has 3 aromatic rings. The number of hydrogen-bond donors (Lipinski definition) is 2. The van der Waals surface area contributed by atoms with Gasteiger partial charge in [-0.1, -0.05) is 54.6 Å². The third-order valence-corrected chi connectivity index (χ3v) is 8.39. The lowest BCUT2D eigenvalue weighted by molar-refractivity contribution is -0.158. The molecule has 2 heterocycles. The molecule has 5 amide bonds. The first-order valence-corrected chi connectivity index (χ1v) is 15.6. The van der Waals surface area contributed by atoms with Crippen LogP contribution in [0, 0.1) is 0 Å². The highest BCUT2D eigenvalue weighted by atomic mass is 16.6. The number of nitrogens with one attached hydrogen (secondary N) is 2. The summed E-state index contributed by atoms with van der Waals surface area (Å²) in [5.74, 6) is 0.00573. The van der Waals surface area contributed by atoms with Crippen molar-refractivity contribution in [1.82, 2.24) is 35.4 Å². The van der Waals surface area contributed by atoms with Gasteiger partial charge in [0.25, 0.3) is 0 Å². The van der Waals surface area contributed by atoms with Crippen LogP contribution < -0.4 is 15.4 Å². The third kappa shape index (κ3) is 7.08. The Bertz CT molecular complexity index is 1570. The molecule has 2 N–H and O–H groups in total. The quantitative estimate of drug-likeness (QED) is 0.354. The highest BCUT2D eigenvalue weighted by Crippen LogP contribution is 2.32. The highest BCUT2D eigenvalue weighted by molar-refractivity contribution is 5.92. The van der Waals surface area contributed by atoms with Gasteiger partial charge >= 0.3 is 12.1 Å². The van der Waals surface area contributed by atoms with Crippen LogP contribution in [0.25, 0.3) is 10.8 Å². The minimum atomic E-state index is -0.786. The van der Waals surface area contributed by atoms with Crippen LogP contribution >= 0.6 is 0 Å². The standard InChI is InChI=1S/C34H43N7O5/c1-23(2)41(33(44)35-3)39-22-31(42)40-29(19-24-13-15-27(16-14-24)46-34(45)36-17-18-37(4)5)32(43)38(21-30(39)40)20-26-11-8-10-25-9-6-7-12-28(25)26/h6-16,23,29-30H,17-22H2,1-5H3,(H,35,44)(H,36,45)/t29-,30+/m0/s1. The van der Waals surface area contributed by atoms with E-state index in [1.54, 1.807) is 51.1 Å². The maximum Gasteiger partial charge on any atom is 0.412 e. The zero-order valence-corrected chi connectivity index (χ0v) is 27.1. The van der Waals surface area contributed by atoms with E-state index in [1.807, 2.05) is 75.3 Å². The molecule has 0 bridgehead atoms. The molecule has 0 unspecified atom stereocenters. The number of urea groups is 1. The van der Waals surface area contributed by atoms with Gasteiger partial charge in [0.15, 0.2) is 0 Å². The predicted molar refractivity (Wildman–Crippen MR) is 175 cm³/mol. The number of amides is 5. The maximum atomic E-state index is 14.3. The monoisotopic (exact) mass is 629 g/mol. The predicted octanol–water partition coefficient (Wildman–Crippen LogP) is 2.88. The van der Waals surface area contributed by atoms with Crippen LogP contribution in [0.1, 0.15) is 25.0 Å². The van der Waals surface area contributed by atoms with E-state index in [0.717, 1.165) is 21.9 Å². The lowest BCUT2D eigenvalue weighted by Gasteiger charge is -2.47. The Kier molecular flexibility index (Phi) is 10.1. The van der Waals surface area contributed by atoms with E-state index in [9.17, 15) is 19.2 Å². The van der Waals surface area contributed by atoms with Gasteiger partial charge in [-0.05, 0) is 62.0 Å². The van der Waals surface area contributed by atoms with E-state index in [0.29, 0.717) is 25.4 Å². The Labute approximate surface area is 269 Å². The lowest BCUT2D eigenvalue weighted by Crippen LogP contribution is -2.66. The van der Waals surface area contributed by atoms with Crippen molar-refractivity contribution in [2.75, 3.05) is 47.3 Å². The van der Waals surface area contributed by atoms with Gasteiger partial charge in [0, 0.05) is 39.1 Å². The molecule has 3 aromatic carbocycles. The summed E-state index contributed by atoms with van der Waals surface area (Å²) in [6.45, 7) is 5.53. The summed E-state index contributed by atoms with van der Waals surface area (Å²) in [4.78, 5) is 58.5. The first-order chi connectivity index (χ1) is 22.1. The van der Waals surface area contributed by atoms with Crippen molar-refractivity contribution < 1.29 is 23.9 Å². The minimum absolute atomic E-state index is 0.0160. The Balaban J connectivity index is 1.41. The molecule has 0 saturated carbocycles. The smallest absolute Gasteiger partial charge is 0.410 e. The molecule has 0 spiro atoms. The SMILES string of the molecule is CNC(=O)N(C(C)C)N1CC(=O)N2[C@@H](Cc3ccc(OC(=O)NCCN(C)C)cc3)C(=O)N(Cc3cccc4ccccc34)C[C@@H]21. The van der Waals surface area contributed by atoms with Crippen LogP contribution in [0.2, 0.25) is 0 Å². The van der Waals surface area contributed by atoms with Crippen LogP contribution in [0.3, 0.4) is 0 Å². The number of hydrazine groups is 1. The minimum Gasteiger partial charge on any atom is -0.410 e. The maximum absolute atomic E-state index is 14.3. The van der Waals surface area contributed by atoms with Gasteiger partial charge in [0.2, 0.25) is 11.8 Å². The van der Waals surface area contributed by atoms with Crippen molar-refractivity contribution in [1.29, 1.82) is 0 Å². The average Bonchev–Trinajstić information content (AvgIpc) is 3.34. The Morgan fingerprint density at radius 2 is 1.72 bits per heavy atom. The summed E-state index contributed by atoms with van der Waals surface area (Å²) in [7, 11) is 5.40. The molecule has 244 valence electrons. The second-order valence-electron chi connectivity index (χ2n) is 12.2. The lowest BCUT2D eigenvalue weighted by atomic mass is 9.99. The molecule has 0 aromatic heterocycles. The van der Waals surface area contributed by atoms with Gasteiger partial charge in [-0.3, -0.25) is 14.6 Å². The first-order valence-electron chi connectivity index (χ1n) is 15.6. The zero-order chi connectivity index (χ0) is 33.0. The van der Waals surface area contributed by atoms with Crippen molar-refractivity contribution in [3.8, 4) is 5.75 Å². The van der Waals surface area contributed by atoms with Crippen molar-refractivity contribution in [3.63, 3.8) is 0 Å². The zero-order valence-electron chi connectivity index (χ0n) is 27.1. The third-order valence-electron chi connectivity index (χ3n) is 8.39. The number of carbonyl (C=O) groups excluding carboxylic acids is 4. The number of hydrogen-bond acceptors (Lipinski definition) is 7. The topological polar surface area (TPSA) is 118 Å². The van der Waals surface area contributed by atoms with Crippen LogP contribution in [0.5, 0.6) is 5.75 Å². The first kappa shape index (κ1) is 32.7. The summed E-state index contributed by atoms with van der Waals surface area (Å²) in [5, 5.41) is 10.9. The number of carbonyl (C=O) groups is 4. The molecule has 12 nitrogen and oxygen atoms in total. The molecule has 0 radical (unpaired) electrons. The van der Waals surface area contributed by atoms with Crippen molar-refractivity contribution >= 4 is 34.7 Å². The number of ether oxygens (including phenoxy) is 1. The van der Waals surface area contributed by atoms with Crippen LogP contribution in [-0.4, -0.2) is 114 Å². The summed E-state index contributed by atoms with van der Waals surface area (Å²) in [5.41, 5.74) is 1.81. The van der Waals surface area contributed by atoms with Crippen molar-refractivity contribution in [2.45, 2.75) is 45.1 Å². The number of fused-ring (bicyclic) bond motifs is 2. The summed E-state index contributed by atoms with van der Waals surface area (Å²) in [6.07, 6.45) is -0.811. The van der Waals surface area contributed by atoms with E-state index >= 15 is 0 Å². The number of piperazine rings is 1. The largest absolute Gasteiger partial charge is 0.412 e. The van der Waals surface area contributed by atoms with E-state index in [4.69, 9.17) is 4.74 Å². The Morgan fingerprint density at radius 1 is 1.00 bits per heavy atom. The highest BCUT2D eigenvalue weighted by Gasteiger charge is 2.52. The number of likely N-dealkylation sites (N-methyl/N-ethyl adjacent to an activating group) is 1. The van der Waals surface area contributed by atoms with Gasteiger partial charge in [0.05, 0.1) is 13.1 Å². The summed E-state index contributed by atoms with van der Waals surface area (Å²) >= 11 is 0. The van der Waals surface area contributed by atoms with Gasteiger partial charge in [-0.15, -0.1) is 0 Å². The second-order valence-corrected chi connectivity index (χ2v) is 12.2. The Hall–Kier alpha value is -4.68. The summed E-state index contributed by atoms with van der Waals surface area (Å²) < 4.78 is 5.40. The van der Waals surface area contributed by atoms with Gasteiger partial charge < -0.3 is 30.1 Å².